The second kappa shape index (κ2) is 5.19. The van der Waals surface area contributed by atoms with E-state index in [0.29, 0.717) is 29.8 Å². The first-order valence-electron chi connectivity index (χ1n) is 6.27. The summed E-state index contributed by atoms with van der Waals surface area (Å²) in [7, 11) is -4.16. The highest BCUT2D eigenvalue weighted by atomic mass is 31.2. The molecule has 2 atom stereocenters. The van der Waals surface area contributed by atoms with Crippen molar-refractivity contribution in [2.24, 2.45) is 0 Å². The van der Waals surface area contributed by atoms with Crippen LogP contribution in [0.3, 0.4) is 0 Å². The quantitative estimate of drug-likeness (QED) is 0.707. The van der Waals surface area contributed by atoms with Crippen molar-refractivity contribution < 1.29 is 19.1 Å². The van der Waals surface area contributed by atoms with Gasteiger partial charge >= 0.3 is 7.60 Å². The van der Waals surface area contributed by atoms with E-state index in [9.17, 15) is 4.57 Å². The summed E-state index contributed by atoms with van der Waals surface area (Å²) < 4.78 is 18.3. The van der Waals surface area contributed by atoms with E-state index in [4.69, 9.17) is 20.3 Å². The summed E-state index contributed by atoms with van der Waals surface area (Å²) in [4.78, 5) is 29.8. The Labute approximate surface area is 119 Å². The van der Waals surface area contributed by atoms with Crippen LogP contribution in [0.2, 0.25) is 0 Å². The van der Waals surface area contributed by atoms with E-state index in [1.807, 2.05) is 0 Å². The van der Waals surface area contributed by atoms with Crippen molar-refractivity contribution in [1.29, 1.82) is 0 Å². The minimum absolute atomic E-state index is 0.296. The van der Waals surface area contributed by atoms with Crippen LogP contribution < -0.4 is 5.73 Å². The number of fused-ring (bicyclic) bond motifs is 1. The Bertz CT molecular complexity index is 739. The molecule has 1 aliphatic rings. The number of nitrogens with zero attached hydrogens (tertiary/aromatic N) is 4. The summed E-state index contributed by atoms with van der Waals surface area (Å²) in [6, 6.07) is 0. The number of nitrogen functional groups attached to an aromatic ring is 1. The molecule has 1 fully saturated rings. The number of ether oxygens (including phenoxy) is 1. The van der Waals surface area contributed by atoms with Crippen LogP contribution in [0.25, 0.3) is 11.2 Å². The Kier molecular flexibility index (Phi) is 3.50. The Morgan fingerprint density at radius 2 is 2.19 bits per heavy atom. The maximum atomic E-state index is 10.8. The molecule has 21 heavy (non-hydrogen) atoms. The molecular weight excluding hydrogens is 297 g/mol. The van der Waals surface area contributed by atoms with Crippen molar-refractivity contribution in [1.82, 2.24) is 19.5 Å². The van der Waals surface area contributed by atoms with E-state index in [1.54, 1.807) is 10.9 Å². The number of imidazole rings is 1. The average molecular weight is 311 g/mol. The highest BCUT2D eigenvalue weighted by molar-refractivity contribution is 7.55. The molecule has 2 aromatic rings. The van der Waals surface area contributed by atoms with Gasteiger partial charge in [0.1, 0.15) is 18.1 Å². The van der Waals surface area contributed by atoms with Crippen molar-refractivity contribution in [3.63, 3.8) is 0 Å². The molecule has 0 amide bonds. The molecule has 4 N–H and O–H groups in total. The Morgan fingerprint density at radius 1 is 1.38 bits per heavy atom. The lowest BCUT2D eigenvalue weighted by molar-refractivity contribution is 0.0259. The summed E-state index contributed by atoms with van der Waals surface area (Å²) in [5.74, 6) is 1.17. The minimum Gasteiger partial charge on any atom is -0.382 e. The fourth-order valence-electron chi connectivity index (χ4n) is 2.28. The molecule has 0 spiro atoms. The highest BCUT2D eigenvalue weighted by Gasteiger charge is 2.27. The van der Waals surface area contributed by atoms with Crippen molar-refractivity contribution >= 4 is 24.6 Å². The molecule has 0 radical (unpaired) electrons. The van der Waals surface area contributed by atoms with Crippen LogP contribution in [0.1, 0.15) is 19.1 Å². The largest absolute Gasteiger partial charge is 0.382 e. The zero-order valence-corrected chi connectivity index (χ0v) is 11.8. The Balaban J connectivity index is 1.81. The number of rotatable bonds is 3. The van der Waals surface area contributed by atoms with E-state index in [1.165, 1.54) is 12.4 Å². The highest BCUT2D eigenvalue weighted by Crippen LogP contribution is 2.38. The van der Waals surface area contributed by atoms with Crippen molar-refractivity contribution in [2.45, 2.75) is 25.2 Å². The van der Waals surface area contributed by atoms with Gasteiger partial charge in [-0.1, -0.05) is 0 Å². The van der Waals surface area contributed by atoms with Crippen LogP contribution in [0.5, 0.6) is 0 Å². The molecule has 1 saturated heterocycles. The van der Waals surface area contributed by atoms with E-state index in [0.717, 1.165) is 5.82 Å². The molecule has 0 aliphatic carbocycles. The second-order valence-corrected chi connectivity index (χ2v) is 6.20. The Morgan fingerprint density at radius 3 is 2.95 bits per heavy atom. The smallest absolute Gasteiger partial charge is 0.348 e. The van der Waals surface area contributed by atoms with Gasteiger partial charge in [-0.05, 0) is 18.9 Å². The maximum Gasteiger partial charge on any atom is 0.348 e. The van der Waals surface area contributed by atoms with Crippen LogP contribution in [0.4, 0.5) is 5.82 Å². The van der Waals surface area contributed by atoms with Gasteiger partial charge in [0, 0.05) is 5.82 Å². The molecule has 0 saturated carbocycles. The minimum atomic E-state index is -4.16. The summed E-state index contributed by atoms with van der Waals surface area (Å²) >= 11 is 0. The van der Waals surface area contributed by atoms with Gasteiger partial charge in [0.05, 0.1) is 12.4 Å². The molecule has 1 aliphatic heterocycles. The summed E-state index contributed by atoms with van der Waals surface area (Å²) in [6.07, 6.45) is 5.02. The second-order valence-electron chi connectivity index (χ2n) is 4.72. The first kappa shape index (κ1) is 14.2. The molecule has 9 nitrogen and oxygen atoms in total. The van der Waals surface area contributed by atoms with Crippen LogP contribution in [-0.4, -0.2) is 35.4 Å². The van der Waals surface area contributed by atoms with Gasteiger partial charge in [-0.15, -0.1) is 0 Å². The molecule has 10 heteroatoms. The molecule has 1 unspecified atom stereocenters. The van der Waals surface area contributed by atoms with Crippen LogP contribution in [0, 0.1) is 0 Å². The average Bonchev–Trinajstić information content (AvgIpc) is 3.02. The number of anilines is 1. The van der Waals surface area contributed by atoms with Gasteiger partial charge in [-0.25, -0.2) is 15.0 Å². The number of nitrogens with two attached hydrogens (primary N) is 1. The molecule has 2 aromatic heterocycles. The zero-order chi connectivity index (χ0) is 15.0. The topological polar surface area (TPSA) is 136 Å². The third kappa shape index (κ3) is 2.96. The van der Waals surface area contributed by atoms with Crippen molar-refractivity contribution in [2.75, 3.05) is 5.73 Å². The van der Waals surface area contributed by atoms with Gasteiger partial charge in [0.2, 0.25) is 0 Å². The fourth-order valence-corrected chi connectivity index (χ4v) is 2.70. The monoisotopic (exact) mass is 311 g/mol. The third-order valence-corrected chi connectivity index (χ3v) is 3.78. The number of hydrogen-bond donors (Lipinski definition) is 3. The lowest BCUT2D eigenvalue weighted by atomic mass is 10.2. The molecule has 0 bridgehead atoms. The lowest BCUT2D eigenvalue weighted by Crippen LogP contribution is -2.09. The van der Waals surface area contributed by atoms with E-state index >= 15 is 0 Å². The van der Waals surface area contributed by atoms with Gasteiger partial charge in [0.15, 0.2) is 11.5 Å². The summed E-state index contributed by atoms with van der Waals surface area (Å²) in [5, 5.41) is 0. The predicted molar refractivity (Wildman–Crippen MR) is 74.1 cm³/mol. The van der Waals surface area contributed by atoms with E-state index in [-0.39, 0.29) is 12.3 Å². The van der Waals surface area contributed by atoms with Gasteiger partial charge in [0.25, 0.3) is 0 Å². The molecule has 112 valence electrons. The van der Waals surface area contributed by atoms with Gasteiger partial charge in [-0.2, -0.15) is 0 Å². The van der Waals surface area contributed by atoms with Crippen LogP contribution in [-0.2, 0) is 9.30 Å². The van der Waals surface area contributed by atoms with E-state index < -0.39 is 7.60 Å². The first-order chi connectivity index (χ1) is 9.94. The predicted octanol–water partition coefficient (Wildman–Crippen LogP) is 0.777. The normalized spacial score (nSPS) is 23.3. The SMILES string of the molecule is Nc1ncnc2c1ncn2[C@H]1CCC(/C=C/P(=O)(O)O)O1. The maximum absolute atomic E-state index is 10.8. The van der Waals surface area contributed by atoms with E-state index in [2.05, 4.69) is 15.0 Å². The standard InChI is InChI=1S/C11H14N5O4P/c12-10-9-11(14-5-13-10)16(6-15-9)8-2-1-7(20-8)3-4-21(17,18)19/h3-8H,1-2H2,(H2,12,13,14)(H2,17,18,19)/b4-3+/t7?,8-/m1/s1. The van der Waals surface area contributed by atoms with Crippen LogP contribution >= 0.6 is 7.60 Å². The zero-order valence-electron chi connectivity index (χ0n) is 10.9. The third-order valence-electron chi connectivity index (χ3n) is 3.22. The molecular formula is C11H14N5O4P. The number of hydrogen-bond acceptors (Lipinski definition) is 6. The Hall–Kier alpha value is -1.80. The molecule has 3 rings (SSSR count). The number of aromatic nitrogens is 4. The molecule has 0 aromatic carbocycles. The molecule has 3 heterocycles. The first-order valence-corrected chi connectivity index (χ1v) is 7.95. The lowest BCUT2D eigenvalue weighted by Gasteiger charge is -2.13. The van der Waals surface area contributed by atoms with Gasteiger partial charge < -0.3 is 20.3 Å². The van der Waals surface area contributed by atoms with Gasteiger partial charge in [-0.3, -0.25) is 9.13 Å². The van der Waals surface area contributed by atoms with Crippen molar-refractivity contribution in [3.8, 4) is 0 Å². The fraction of sp³-hybridized carbons (Fsp3) is 0.364. The summed E-state index contributed by atoms with van der Waals surface area (Å²) in [5.41, 5.74) is 6.81. The van der Waals surface area contributed by atoms with Crippen LogP contribution in [0.15, 0.2) is 24.5 Å². The summed E-state index contributed by atoms with van der Waals surface area (Å²) in [6.45, 7) is 0. The van der Waals surface area contributed by atoms with Crippen molar-refractivity contribution in [3.05, 3.63) is 24.5 Å².